The fraction of sp³-hybridized carbons (Fsp3) is 0.231. The first kappa shape index (κ1) is 9.33. The molecule has 0 radical (unpaired) electrons. The molecule has 0 saturated heterocycles. The second-order valence-electron chi connectivity index (χ2n) is 4.06. The third-order valence-corrected chi connectivity index (χ3v) is 2.66. The molecule has 0 spiro atoms. The average molecular weight is 213 g/mol. The Bertz CT molecular complexity index is 484. The lowest BCUT2D eigenvalue weighted by molar-refractivity contribution is -0.130. The van der Waals surface area contributed by atoms with Gasteiger partial charge in [0, 0.05) is 5.56 Å². The summed E-state index contributed by atoms with van der Waals surface area (Å²) in [6, 6.07) is 9.47. The number of cyclic esters (lactones) is 1. The van der Waals surface area contributed by atoms with Crippen LogP contribution in [0.5, 0.6) is 0 Å². The van der Waals surface area contributed by atoms with Gasteiger partial charge in [0.2, 0.25) is 5.90 Å². The molecule has 3 nitrogen and oxygen atoms in total. The van der Waals surface area contributed by atoms with Gasteiger partial charge in [-0.2, -0.15) is 0 Å². The molecular weight excluding hydrogens is 202 g/mol. The molecular formula is C13H11NO2. The van der Waals surface area contributed by atoms with Crippen molar-refractivity contribution in [1.29, 1.82) is 0 Å². The number of allylic oxidation sites excluding steroid dienone is 1. The number of benzene rings is 1. The van der Waals surface area contributed by atoms with E-state index in [2.05, 4.69) is 4.99 Å². The van der Waals surface area contributed by atoms with Crippen LogP contribution in [0, 0.1) is 5.92 Å². The Labute approximate surface area is 93.5 Å². The number of carbonyl (C=O) groups is 1. The number of hydrogen-bond acceptors (Lipinski definition) is 3. The summed E-state index contributed by atoms with van der Waals surface area (Å²) in [6.07, 6.45) is 4.23. The molecule has 1 heterocycles. The summed E-state index contributed by atoms with van der Waals surface area (Å²) in [5.41, 5.74) is 1.30. The number of carbonyl (C=O) groups excluding carboxylic acids is 1. The lowest BCUT2D eigenvalue weighted by Gasteiger charge is -1.97. The van der Waals surface area contributed by atoms with Crippen LogP contribution in [0.25, 0.3) is 0 Å². The molecule has 0 atom stereocenters. The third-order valence-electron chi connectivity index (χ3n) is 2.66. The zero-order valence-electron chi connectivity index (χ0n) is 8.72. The van der Waals surface area contributed by atoms with Crippen molar-refractivity contribution in [3.8, 4) is 0 Å². The SMILES string of the molecule is O=C1OC(c2ccccc2)=N/C1=C/C1CC1. The smallest absolute Gasteiger partial charge is 0.363 e. The molecule has 0 aromatic heterocycles. The summed E-state index contributed by atoms with van der Waals surface area (Å²) in [6.45, 7) is 0. The first-order chi connectivity index (χ1) is 7.83. The van der Waals surface area contributed by atoms with E-state index in [9.17, 15) is 4.79 Å². The molecule has 1 saturated carbocycles. The number of nitrogens with zero attached hydrogens (tertiary/aromatic N) is 1. The lowest BCUT2D eigenvalue weighted by Crippen LogP contribution is -2.05. The molecule has 0 unspecified atom stereocenters. The molecule has 1 fully saturated rings. The van der Waals surface area contributed by atoms with Crippen molar-refractivity contribution < 1.29 is 9.53 Å². The van der Waals surface area contributed by atoms with Crippen molar-refractivity contribution in [2.24, 2.45) is 10.9 Å². The van der Waals surface area contributed by atoms with E-state index in [1.807, 2.05) is 36.4 Å². The van der Waals surface area contributed by atoms with E-state index in [0.717, 1.165) is 18.4 Å². The molecule has 16 heavy (non-hydrogen) atoms. The highest BCUT2D eigenvalue weighted by molar-refractivity contribution is 6.11. The van der Waals surface area contributed by atoms with Gasteiger partial charge in [-0.1, -0.05) is 18.2 Å². The van der Waals surface area contributed by atoms with Crippen LogP contribution < -0.4 is 0 Å². The van der Waals surface area contributed by atoms with Crippen LogP contribution >= 0.6 is 0 Å². The number of hydrogen-bond donors (Lipinski definition) is 0. The fourth-order valence-electron chi connectivity index (χ4n) is 1.61. The minimum Gasteiger partial charge on any atom is -0.402 e. The van der Waals surface area contributed by atoms with Crippen LogP contribution in [-0.2, 0) is 9.53 Å². The molecule has 0 amide bonds. The van der Waals surface area contributed by atoms with E-state index in [1.165, 1.54) is 0 Å². The Kier molecular flexibility index (Phi) is 2.10. The van der Waals surface area contributed by atoms with Gasteiger partial charge in [-0.3, -0.25) is 0 Å². The summed E-state index contributed by atoms with van der Waals surface area (Å²) in [5, 5.41) is 0. The maximum atomic E-state index is 11.5. The highest BCUT2D eigenvalue weighted by Gasteiger charge is 2.27. The Morgan fingerprint density at radius 2 is 2.00 bits per heavy atom. The summed E-state index contributed by atoms with van der Waals surface area (Å²) >= 11 is 0. The Morgan fingerprint density at radius 3 is 2.69 bits per heavy atom. The number of ether oxygens (including phenoxy) is 1. The van der Waals surface area contributed by atoms with Crippen LogP contribution in [0.2, 0.25) is 0 Å². The maximum absolute atomic E-state index is 11.5. The van der Waals surface area contributed by atoms with Crippen LogP contribution in [0.4, 0.5) is 0 Å². The minimum atomic E-state index is -0.328. The zero-order chi connectivity index (χ0) is 11.0. The summed E-state index contributed by atoms with van der Waals surface area (Å²) in [4.78, 5) is 15.7. The number of esters is 1. The Hall–Kier alpha value is -1.90. The third kappa shape index (κ3) is 1.76. The largest absolute Gasteiger partial charge is 0.402 e. The molecule has 1 aromatic carbocycles. The summed E-state index contributed by atoms with van der Waals surface area (Å²) in [5.74, 6) is 0.615. The second kappa shape index (κ2) is 3.59. The second-order valence-corrected chi connectivity index (χ2v) is 4.06. The van der Waals surface area contributed by atoms with E-state index in [1.54, 1.807) is 0 Å². The quantitative estimate of drug-likeness (QED) is 0.558. The van der Waals surface area contributed by atoms with Gasteiger partial charge in [-0.25, -0.2) is 9.79 Å². The van der Waals surface area contributed by atoms with Crippen molar-refractivity contribution in [3.05, 3.63) is 47.7 Å². The van der Waals surface area contributed by atoms with E-state index in [0.29, 0.717) is 17.5 Å². The molecule has 3 heteroatoms. The van der Waals surface area contributed by atoms with Gasteiger partial charge in [-0.05, 0) is 37.0 Å². The van der Waals surface area contributed by atoms with Gasteiger partial charge in [-0.15, -0.1) is 0 Å². The zero-order valence-corrected chi connectivity index (χ0v) is 8.72. The number of aliphatic imine (C=N–C) groups is 1. The monoisotopic (exact) mass is 213 g/mol. The molecule has 1 aliphatic carbocycles. The van der Waals surface area contributed by atoms with Crippen LogP contribution in [0.15, 0.2) is 47.1 Å². The predicted molar refractivity (Wildman–Crippen MR) is 59.9 cm³/mol. The van der Waals surface area contributed by atoms with Gasteiger partial charge in [0.1, 0.15) is 5.70 Å². The lowest BCUT2D eigenvalue weighted by atomic mass is 10.2. The fourth-order valence-corrected chi connectivity index (χ4v) is 1.61. The van der Waals surface area contributed by atoms with Gasteiger partial charge in [0.05, 0.1) is 0 Å². The van der Waals surface area contributed by atoms with Crippen molar-refractivity contribution in [3.63, 3.8) is 0 Å². The maximum Gasteiger partial charge on any atom is 0.363 e. The predicted octanol–water partition coefficient (Wildman–Crippen LogP) is 2.28. The molecule has 3 rings (SSSR count). The van der Waals surface area contributed by atoms with Crippen molar-refractivity contribution >= 4 is 11.9 Å². The summed E-state index contributed by atoms with van der Waals surface area (Å²) < 4.78 is 5.13. The Balaban J connectivity index is 1.90. The molecule has 0 N–H and O–H groups in total. The van der Waals surface area contributed by atoms with Crippen molar-refractivity contribution in [2.45, 2.75) is 12.8 Å². The number of rotatable bonds is 2. The molecule has 80 valence electrons. The van der Waals surface area contributed by atoms with E-state index in [-0.39, 0.29) is 5.97 Å². The van der Waals surface area contributed by atoms with Gasteiger partial charge in [0.25, 0.3) is 0 Å². The Morgan fingerprint density at radius 1 is 1.25 bits per heavy atom. The van der Waals surface area contributed by atoms with Crippen molar-refractivity contribution in [2.75, 3.05) is 0 Å². The molecule has 1 aliphatic heterocycles. The van der Waals surface area contributed by atoms with Crippen LogP contribution in [0.3, 0.4) is 0 Å². The van der Waals surface area contributed by atoms with E-state index < -0.39 is 0 Å². The van der Waals surface area contributed by atoms with Crippen molar-refractivity contribution in [1.82, 2.24) is 0 Å². The average Bonchev–Trinajstić information content (AvgIpc) is 3.05. The van der Waals surface area contributed by atoms with Gasteiger partial charge in [0.15, 0.2) is 0 Å². The highest BCUT2D eigenvalue weighted by Crippen LogP contribution is 2.32. The highest BCUT2D eigenvalue weighted by atomic mass is 16.6. The first-order valence-electron chi connectivity index (χ1n) is 5.41. The standard InChI is InChI=1S/C13H11NO2/c15-13-11(8-9-6-7-9)14-12(16-13)10-4-2-1-3-5-10/h1-5,8-9H,6-7H2/b11-8+. The topological polar surface area (TPSA) is 38.7 Å². The normalized spacial score (nSPS) is 22.1. The molecule has 2 aliphatic rings. The van der Waals surface area contributed by atoms with Gasteiger partial charge < -0.3 is 4.74 Å². The van der Waals surface area contributed by atoms with Gasteiger partial charge >= 0.3 is 5.97 Å². The van der Waals surface area contributed by atoms with Crippen LogP contribution in [-0.4, -0.2) is 11.9 Å². The van der Waals surface area contributed by atoms with E-state index in [4.69, 9.17) is 4.74 Å². The summed E-state index contributed by atoms with van der Waals surface area (Å²) in [7, 11) is 0. The molecule has 0 bridgehead atoms. The first-order valence-corrected chi connectivity index (χ1v) is 5.41. The molecule has 1 aromatic rings. The van der Waals surface area contributed by atoms with Crippen LogP contribution in [0.1, 0.15) is 18.4 Å². The minimum absolute atomic E-state index is 0.328. The van der Waals surface area contributed by atoms with E-state index >= 15 is 0 Å².